The number of rotatable bonds is 5. The van der Waals surface area contributed by atoms with Crippen LogP contribution in [0.3, 0.4) is 0 Å². The van der Waals surface area contributed by atoms with Gasteiger partial charge in [-0.3, -0.25) is 4.79 Å². The van der Waals surface area contributed by atoms with Crippen LogP contribution in [-0.2, 0) is 0 Å². The Hall–Kier alpha value is -3.42. The van der Waals surface area contributed by atoms with Crippen molar-refractivity contribution in [2.75, 3.05) is 10.6 Å². The molecule has 0 aliphatic rings. The molecule has 3 aromatic rings. The van der Waals surface area contributed by atoms with E-state index in [2.05, 4.69) is 20.6 Å². The summed E-state index contributed by atoms with van der Waals surface area (Å²) in [7, 11) is 0. The minimum Gasteiger partial charge on any atom is -0.340 e. The van der Waals surface area contributed by atoms with E-state index >= 15 is 0 Å². The Kier molecular flexibility index (Phi) is 4.83. The predicted octanol–water partition coefficient (Wildman–Crippen LogP) is 4.58. The Morgan fingerprint density at radius 1 is 0.885 bits per heavy atom. The summed E-state index contributed by atoms with van der Waals surface area (Å²) in [4.78, 5) is 19.2. The van der Waals surface area contributed by atoms with Gasteiger partial charge in [-0.15, -0.1) is 0 Å². The quantitative estimate of drug-likeness (QED) is 0.516. The van der Waals surface area contributed by atoms with Crippen molar-refractivity contribution in [3.05, 3.63) is 71.8 Å². The van der Waals surface area contributed by atoms with E-state index in [4.69, 9.17) is 0 Å². The third-order valence-corrected chi connectivity index (χ3v) is 3.53. The molecule has 3 rings (SSSR count). The zero-order valence-corrected chi connectivity index (χ0v) is 13.6. The number of nitrogens with one attached hydrogen (secondary N) is 2. The van der Waals surface area contributed by atoms with Crippen molar-refractivity contribution in [2.45, 2.75) is 6.92 Å². The van der Waals surface area contributed by atoms with Crippen molar-refractivity contribution < 1.29 is 18.0 Å². The van der Waals surface area contributed by atoms with E-state index < -0.39 is 17.5 Å². The van der Waals surface area contributed by atoms with Gasteiger partial charge in [0.1, 0.15) is 18.0 Å². The van der Waals surface area contributed by atoms with Gasteiger partial charge in [0.2, 0.25) is 0 Å². The number of carbonyl (C=O) groups excluding carboxylic acids is 1. The van der Waals surface area contributed by atoms with E-state index in [0.29, 0.717) is 17.1 Å². The van der Waals surface area contributed by atoms with Gasteiger partial charge in [0.05, 0.1) is 5.69 Å². The molecule has 1 aromatic heterocycles. The van der Waals surface area contributed by atoms with E-state index in [0.717, 1.165) is 12.1 Å². The number of anilines is 4. The fourth-order valence-electron chi connectivity index (χ4n) is 2.19. The molecule has 26 heavy (non-hydrogen) atoms. The number of hydrogen-bond acceptors (Lipinski definition) is 5. The fraction of sp³-hybridized carbons (Fsp3) is 0.0556. The maximum Gasteiger partial charge on any atom is 0.196 e. The minimum atomic E-state index is -1.56. The van der Waals surface area contributed by atoms with Crippen LogP contribution in [0.1, 0.15) is 17.3 Å². The van der Waals surface area contributed by atoms with Gasteiger partial charge in [-0.1, -0.05) is 0 Å². The Balaban J connectivity index is 1.78. The molecule has 0 saturated heterocycles. The van der Waals surface area contributed by atoms with Crippen LogP contribution >= 0.6 is 0 Å². The Labute approximate surface area is 146 Å². The molecule has 5 nitrogen and oxygen atoms in total. The molecule has 0 amide bonds. The Morgan fingerprint density at radius 3 is 2.19 bits per heavy atom. The maximum absolute atomic E-state index is 13.7. The largest absolute Gasteiger partial charge is 0.340 e. The summed E-state index contributed by atoms with van der Waals surface area (Å²) in [5.41, 5.74) is 1.01. The lowest BCUT2D eigenvalue weighted by Gasteiger charge is -2.10. The van der Waals surface area contributed by atoms with Gasteiger partial charge >= 0.3 is 0 Å². The molecule has 0 aliphatic carbocycles. The van der Waals surface area contributed by atoms with E-state index in [1.165, 1.54) is 19.3 Å². The zero-order valence-electron chi connectivity index (χ0n) is 13.6. The number of hydrogen-bond donors (Lipinski definition) is 2. The normalized spacial score (nSPS) is 10.5. The molecule has 0 radical (unpaired) electrons. The van der Waals surface area contributed by atoms with Crippen LogP contribution in [-0.4, -0.2) is 15.8 Å². The van der Waals surface area contributed by atoms with Crippen molar-refractivity contribution >= 4 is 28.8 Å². The Morgan fingerprint density at radius 2 is 1.54 bits per heavy atom. The smallest absolute Gasteiger partial charge is 0.196 e. The van der Waals surface area contributed by atoms with E-state index in [1.54, 1.807) is 24.3 Å². The summed E-state index contributed by atoms with van der Waals surface area (Å²) in [6, 6.07) is 10.1. The monoisotopic (exact) mass is 358 g/mol. The predicted molar refractivity (Wildman–Crippen MR) is 91.4 cm³/mol. The van der Waals surface area contributed by atoms with Gasteiger partial charge < -0.3 is 10.6 Å². The first-order valence-electron chi connectivity index (χ1n) is 7.54. The number of Topliss-reactive ketones (excluding diaryl/α,β-unsaturated/α-hetero) is 1. The second-order valence-electron chi connectivity index (χ2n) is 5.39. The summed E-state index contributed by atoms with van der Waals surface area (Å²) in [6.07, 6.45) is 1.23. The molecule has 0 saturated carbocycles. The van der Waals surface area contributed by atoms with Crippen molar-refractivity contribution in [2.24, 2.45) is 0 Å². The topological polar surface area (TPSA) is 66.9 Å². The first-order valence-corrected chi connectivity index (χ1v) is 7.54. The molecule has 0 atom stereocenters. The van der Waals surface area contributed by atoms with Gasteiger partial charge in [0.25, 0.3) is 0 Å². The molecule has 2 aromatic carbocycles. The highest BCUT2D eigenvalue weighted by molar-refractivity contribution is 5.94. The van der Waals surface area contributed by atoms with Crippen molar-refractivity contribution in [1.29, 1.82) is 0 Å². The van der Waals surface area contributed by atoms with Gasteiger partial charge in [0, 0.05) is 17.3 Å². The number of benzene rings is 2. The van der Waals surface area contributed by atoms with Crippen LogP contribution < -0.4 is 10.6 Å². The maximum atomic E-state index is 13.7. The lowest BCUT2D eigenvalue weighted by atomic mass is 10.1. The average molecular weight is 358 g/mol. The molecule has 8 heteroatoms. The van der Waals surface area contributed by atoms with Gasteiger partial charge in [-0.05, 0) is 43.3 Å². The second-order valence-corrected chi connectivity index (χ2v) is 5.39. The van der Waals surface area contributed by atoms with Crippen molar-refractivity contribution in [1.82, 2.24) is 9.97 Å². The van der Waals surface area contributed by atoms with E-state index in [1.807, 2.05) is 0 Å². The summed E-state index contributed by atoms with van der Waals surface area (Å²) in [5.74, 6) is -3.63. The molecule has 0 bridgehead atoms. The van der Waals surface area contributed by atoms with Crippen LogP contribution in [0.4, 0.5) is 36.2 Å². The van der Waals surface area contributed by atoms with Crippen LogP contribution in [0, 0.1) is 17.5 Å². The summed E-state index contributed by atoms with van der Waals surface area (Å²) >= 11 is 0. The van der Waals surface area contributed by atoms with E-state index in [9.17, 15) is 18.0 Å². The highest BCUT2D eigenvalue weighted by atomic mass is 19.2. The number of halogens is 3. The van der Waals surface area contributed by atoms with Crippen LogP contribution in [0.25, 0.3) is 0 Å². The van der Waals surface area contributed by atoms with Crippen LogP contribution in [0.15, 0.2) is 48.8 Å². The fourth-order valence-corrected chi connectivity index (χ4v) is 2.19. The van der Waals surface area contributed by atoms with Crippen LogP contribution in [0.2, 0.25) is 0 Å². The standard InChI is InChI=1S/C18H13F3N4O/c1-10(26)11-2-4-12(5-3-11)24-15-8-16(23-9-22-15)25-14-7-6-13(19)17(20)18(14)21/h2-9H,1H3,(H2,22,23,24,25). The highest BCUT2D eigenvalue weighted by Crippen LogP contribution is 2.24. The lowest BCUT2D eigenvalue weighted by Crippen LogP contribution is -2.02. The molecular formula is C18H13F3N4O. The summed E-state index contributed by atoms with van der Waals surface area (Å²) < 4.78 is 40.0. The minimum absolute atomic E-state index is 0.0429. The van der Waals surface area contributed by atoms with Gasteiger partial charge in [0.15, 0.2) is 23.2 Å². The molecule has 0 spiro atoms. The molecule has 1 heterocycles. The molecule has 0 unspecified atom stereocenters. The molecule has 0 fully saturated rings. The number of aromatic nitrogens is 2. The van der Waals surface area contributed by atoms with Gasteiger partial charge in [-0.2, -0.15) is 0 Å². The number of nitrogens with zero attached hydrogens (tertiary/aromatic N) is 2. The van der Waals surface area contributed by atoms with Crippen molar-refractivity contribution in [3.8, 4) is 0 Å². The number of ketones is 1. The molecule has 0 aliphatic heterocycles. The molecule has 132 valence electrons. The lowest BCUT2D eigenvalue weighted by molar-refractivity contribution is 0.101. The first kappa shape index (κ1) is 17.4. The number of carbonyl (C=O) groups is 1. The Bertz CT molecular complexity index is 961. The first-order chi connectivity index (χ1) is 12.4. The zero-order chi connectivity index (χ0) is 18.7. The second kappa shape index (κ2) is 7.22. The van der Waals surface area contributed by atoms with Crippen molar-refractivity contribution in [3.63, 3.8) is 0 Å². The molecule has 2 N–H and O–H groups in total. The van der Waals surface area contributed by atoms with Crippen LogP contribution in [0.5, 0.6) is 0 Å². The average Bonchev–Trinajstić information content (AvgIpc) is 2.63. The van der Waals surface area contributed by atoms with E-state index in [-0.39, 0.29) is 17.3 Å². The third kappa shape index (κ3) is 3.80. The molecular weight excluding hydrogens is 345 g/mol. The highest BCUT2D eigenvalue weighted by Gasteiger charge is 2.14. The summed E-state index contributed by atoms with van der Waals surface area (Å²) in [6.45, 7) is 1.47. The third-order valence-electron chi connectivity index (χ3n) is 3.53. The SMILES string of the molecule is CC(=O)c1ccc(Nc2cc(Nc3ccc(F)c(F)c3F)ncn2)cc1. The van der Waals surface area contributed by atoms with Gasteiger partial charge in [-0.25, -0.2) is 23.1 Å². The summed E-state index contributed by atoms with van der Waals surface area (Å²) in [5, 5.41) is 5.57.